The van der Waals surface area contributed by atoms with Crippen LogP contribution in [0.5, 0.6) is 0 Å². The summed E-state index contributed by atoms with van der Waals surface area (Å²) in [6.45, 7) is 1.38. The minimum Gasteiger partial charge on any atom is -0.340 e. The van der Waals surface area contributed by atoms with Gasteiger partial charge in [0.2, 0.25) is 0 Å². The molecule has 1 amide bonds. The zero-order chi connectivity index (χ0) is 12.1. The highest BCUT2D eigenvalue weighted by Crippen LogP contribution is 2.21. The normalized spacial score (nSPS) is 10.2. The molecule has 0 heterocycles. The first kappa shape index (κ1) is 13.3. The molecule has 1 rings (SSSR count). The molecule has 0 bridgehead atoms. The molecule has 1 N–H and O–H groups in total. The van der Waals surface area contributed by atoms with E-state index in [1.54, 1.807) is 30.1 Å². The molecular weight excluding hydrogens is 247 g/mol. The van der Waals surface area contributed by atoms with Crippen molar-refractivity contribution in [3.8, 4) is 0 Å². The van der Waals surface area contributed by atoms with Crippen molar-refractivity contribution in [3.63, 3.8) is 0 Å². The fourth-order valence-corrected chi connectivity index (χ4v) is 1.74. The number of hydrogen-bond donors (Lipinski definition) is 1. The number of nitrogens with zero attached hydrogens (tertiary/aromatic N) is 1. The van der Waals surface area contributed by atoms with Gasteiger partial charge in [0.1, 0.15) is 0 Å². The summed E-state index contributed by atoms with van der Waals surface area (Å²) < 4.78 is 0. The first-order valence-electron chi connectivity index (χ1n) is 4.91. The van der Waals surface area contributed by atoms with Gasteiger partial charge in [0.25, 0.3) is 5.91 Å². The van der Waals surface area contributed by atoms with Crippen LogP contribution in [0.3, 0.4) is 0 Å². The van der Waals surface area contributed by atoms with E-state index in [-0.39, 0.29) is 5.91 Å². The Bertz CT molecular complexity index is 382. The Balaban J connectivity index is 2.79. The van der Waals surface area contributed by atoms with Crippen molar-refractivity contribution in [1.82, 2.24) is 10.2 Å². The third-order valence-electron chi connectivity index (χ3n) is 2.21. The molecule has 1 aromatic rings. The minimum absolute atomic E-state index is 0.100. The monoisotopic (exact) mass is 260 g/mol. The summed E-state index contributed by atoms with van der Waals surface area (Å²) in [7, 11) is 3.58. The second kappa shape index (κ2) is 6.09. The van der Waals surface area contributed by atoms with Crippen LogP contribution in [0.2, 0.25) is 10.0 Å². The van der Waals surface area contributed by atoms with Crippen LogP contribution in [0.25, 0.3) is 0 Å². The van der Waals surface area contributed by atoms with Crippen LogP contribution < -0.4 is 5.32 Å². The van der Waals surface area contributed by atoms with E-state index < -0.39 is 0 Å². The maximum Gasteiger partial charge on any atom is 0.255 e. The van der Waals surface area contributed by atoms with Crippen molar-refractivity contribution < 1.29 is 4.79 Å². The minimum atomic E-state index is -0.100. The number of benzene rings is 1. The van der Waals surface area contributed by atoms with E-state index in [1.165, 1.54) is 0 Å². The number of amides is 1. The van der Waals surface area contributed by atoms with Crippen molar-refractivity contribution in [2.45, 2.75) is 0 Å². The molecule has 0 saturated carbocycles. The average Bonchev–Trinajstić information content (AvgIpc) is 2.25. The lowest BCUT2D eigenvalue weighted by Crippen LogP contribution is -2.32. The lowest BCUT2D eigenvalue weighted by atomic mass is 10.2. The second-order valence-corrected chi connectivity index (χ2v) is 4.30. The summed E-state index contributed by atoms with van der Waals surface area (Å²) in [6.07, 6.45) is 0. The highest BCUT2D eigenvalue weighted by molar-refractivity contribution is 6.36. The first-order valence-corrected chi connectivity index (χ1v) is 5.67. The molecule has 0 radical (unpaired) electrons. The van der Waals surface area contributed by atoms with Crippen LogP contribution in [-0.4, -0.2) is 38.0 Å². The molecular formula is C11H14Cl2N2O. The van der Waals surface area contributed by atoms with E-state index in [4.69, 9.17) is 23.2 Å². The van der Waals surface area contributed by atoms with Crippen molar-refractivity contribution >= 4 is 29.1 Å². The number of nitrogens with one attached hydrogen (secondary N) is 1. The highest BCUT2D eigenvalue weighted by atomic mass is 35.5. The lowest BCUT2D eigenvalue weighted by molar-refractivity contribution is 0.0797. The van der Waals surface area contributed by atoms with Crippen LogP contribution in [0.15, 0.2) is 18.2 Å². The highest BCUT2D eigenvalue weighted by Gasteiger charge is 2.14. The summed E-state index contributed by atoms with van der Waals surface area (Å²) in [5, 5.41) is 3.89. The van der Waals surface area contributed by atoms with Crippen molar-refractivity contribution in [2.75, 3.05) is 27.2 Å². The quantitative estimate of drug-likeness (QED) is 0.901. The number of halogens is 2. The lowest BCUT2D eigenvalue weighted by Gasteiger charge is -2.17. The van der Waals surface area contributed by atoms with Gasteiger partial charge in [-0.1, -0.05) is 23.2 Å². The predicted molar refractivity (Wildman–Crippen MR) is 67.3 cm³/mol. The van der Waals surface area contributed by atoms with Crippen LogP contribution in [-0.2, 0) is 0 Å². The van der Waals surface area contributed by atoms with Crippen molar-refractivity contribution in [1.29, 1.82) is 0 Å². The maximum atomic E-state index is 12.0. The zero-order valence-electron chi connectivity index (χ0n) is 9.26. The molecule has 0 aliphatic rings. The molecule has 0 atom stereocenters. The van der Waals surface area contributed by atoms with Gasteiger partial charge in [-0.2, -0.15) is 0 Å². The Hall–Kier alpha value is -0.770. The predicted octanol–water partition coefficient (Wildman–Crippen LogP) is 2.28. The maximum absolute atomic E-state index is 12.0. The molecule has 5 heteroatoms. The fourth-order valence-electron chi connectivity index (χ4n) is 1.25. The molecule has 0 aliphatic heterocycles. The van der Waals surface area contributed by atoms with Gasteiger partial charge in [0.15, 0.2) is 0 Å². The van der Waals surface area contributed by atoms with E-state index in [2.05, 4.69) is 5.32 Å². The Morgan fingerprint density at radius 3 is 2.69 bits per heavy atom. The first-order chi connectivity index (χ1) is 7.56. The molecule has 0 spiro atoms. The largest absolute Gasteiger partial charge is 0.340 e. The van der Waals surface area contributed by atoms with Gasteiger partial charge >= 0.3 is 0 Å². The van der Waals surface area contributed by atoms with Gasteiger partial charge in [-0.25, -0.2) is 0 Å². The Morgan fingerprint density at radius 1 is 1.44 bits per heavy atom. The molecule has 1 aromatic carbocycles. The standard InChI is InChI=1S/C11H14Cl2N2O/c1-14-5-6-15(2)11(16)9-4-3-8(12)7-10(9)13/h3-4,7,14H,5-6H2,1-2H3. The Labute approximate surface area is 105 Å². The number of hydrogen-bond acceptors (Lipinski definition) is 2. The van der Waals surface area contributed by atoms with Crippen LogP contribution >= 0.6 is 23.2 Å². The molecule has 0 unspecified atom stereocenters. The van der Waals surface area contributed by atoms with Crippen LogP contribution in [0.4, 0.5) is 0 Å². The molecule has 0 aromatic heterocycles. The van der Waals surface area contributed by atoms with Crippen LogP contribution in [0.1, 0.15) is 10.4 Å². The van der Waals surface area contributed by atoms with Crippen molar-refractivity contribution in [3.05, 3.63) is 33.8 Å². The third kappa shape index (κ3) is 3.37. The summed E-state index contributed by atoms with van der Waals surface area (Å²) in [4.78, 5) is 13.6. The van der Waals surface area contributed by atoms with E-state index >= 15 is 0 Å². The molecule has 16 heavy (non-hydrogen) atoms. The van der Waals surface area contributed by atoms with Crippen LogP contribution in [0, 0.1) is 0 Å². The Kier molecular flexibility index (Phi) is 5.06. The van der Waals surface area contributed by atoms with E-state index in [0.29, 0.717) is 22.2 Å². The van der Waals surface area contributed by atoms with Gasteiger partial charge in [0, 0.05) is 25.2 Å². The zero-order valence-corrected chi connectivity index (χ0v) is 10.8. The summed E-state index contributed by atoms with van der Waals surface area (Å²) >= 11 is 11.7. The van der Waals surface area contributed by atoms with Gasteiger partial charge in [0.05, 0.1) is 10.6 Å². The van der Waals surface area contributed by atoms with E-state index in [1.807, 2.05) is 7.05 Å². The number of likely N-dealkylation sites (N-methyl/N-ethyl adjacent to an activating group) is 2. The fraction of sp³-hybridized carbons (Fsp3) is 0.364. The second-order valence-electron chi connectivity index (χ2n) is 3.45. The summed E-state index contributed by atoms with van der Waals surface area (Å²) in [5.41, 5.74) is 0.477. The van der Waals surface area contributed by atoms with E-state index in [9.17, 15) is 4.79 Å². The molecule has 0 saturated heterocycles. The van der Waals surface area contributed by atoms with Crippen molar-refractivity contribution in [2.24, 2.45) is 0 Å². The Morgan fingerprint density at radius 2 is 2.12 bits per heavy atom. The van der Waals surface area contributed by atoms with Gasteiger partial charge in [-0.15, -0.1) is 0 Å². The third-order valence-corrected chi connectivity index (χ3v) is 2.75. The summed E-state index contributed by atoms with van der Waals surface area (Å²) in [5.74, 6) is -0.100. The molecule has 3 nitrogen and oxygen atoms in total. The number of carbonyl (C=O) groups excluding carboxylic acids is 1. The van der Waals surface area contributed by atoms with Gasteiger partial charge < -0.3 is 10.2 Å². The van der Waals surface area contributed by atoms with Gasteiger partial charge in [-0.3, -0.25) is 4.79 Å². The SMILES string of the molecule is CNCCN(C)C(=O)c1ccc(Cl)cc1Cl. The summed E-state index contributed by atoms with van der Waals surface area (Å²) in [6, 6.07) is 4.87. The van der Waals surface area contributed by atoms with E-state index in [0.717, 1.165) is 6.54 Å². The number of rotatable bonds is 4. The van der Waals surface area contributed by atoms with Gasteiger partial charge in [-0.05, 0) is 25.2 Å². The molecule has 88 valence electrons. The number of carbonyl (C=O) groups is 1. The molecule has 0 fully saturated rings. The average molecular weight is 261 g/mol. The topological polar surface area (TPSA) is 32.3 Å². The smallest absolute Gasteiger partial charge is 0.255 e. The molecule has 0 aliphatic carbocycles.